The molecule has 0 aromatic heterocycles. The molecule has 0 spiro atoms. The van der Waals surface area contributed by atoms with Gasteiger partial charge in [-0.15, -0.1) is 0 Å². The molecule has 8 heteroatoms. The van der Waals surface area contributed by atoms with Crippen LogP contribution in [0.2, 0.25) is 0 Å². The molecule has 2 aromatic rings. The molecule has 2 aromatic carbocycles. The van der Waals surface area contributed by atoms with Crippen LogP contribution in [0.5, 0.6) is 17.2 Å². The van der Waals surface area contributed by atoms with E-state index in [9.17, 15) is 14.4 Å². The highest BCUT2D eigenvalue weighted by Crippen LogP contribution is 2.23. The highest BCUT2D eigenvalue weighted by molar-refractivity contribution is 5.91. The van der Waals surface area contributed by atoms with E-state index >= 15 is 0 Å². The molecule has 0 bridgehead atoms. The largest absolute Gasteiger partial charge is 0.494 e. The predicted octanol–water partition coefficient (Wildman–Crippen LogP) is 6.78. The van der Waals surface area contributed by atoms with Crippen LogP contribution in [0.15, 0.2) is 73.3 Å². The zero-order valence-corrected chi connectivity index (χ0v) is 23.6. The molecule has 1 heterocycles. The summed E-state index contributed by atoms with van der Waals surface area (Å²) in [6, 6.07) is 13.9. The average Bonchev–Trinajstić information content (AvgIpc) is 3.31. The molecule has 1 aliphatic heterocycles. The Morgan fingerprint density at radius 3 is 1.90 bits per heavy atom. The Balaban J connectivity index is 1.24. The molecule has 220 valence electrons. The molecular weight excluding hydrogens is 524 g/mol. The summed E-state index contributed by atoms with van der Waals surface area (Å²) < 4.78 is 27.2. The fraction of sp³-hybridized carbons (Fsp3) is 0.424. The van der Waals surface area contributed by atoms with Crippen LogP contribution in [-0.2, 0) is 19.1 Å². The van der Waals surface area contributed by atoms with Crippen LogP contribution in [-0.4, -0.2) is 43.8 Å². The van der Waals surface area contributed by atoms with Crippen LogP contribution >= 0.6 is 0 Å². The van der Waals surface area contributed by atoms with Crippen LogP contribution in [0.25, 0.3) is 0 Å². The zero-order chi connectivity index (χ0) is 29.3. The summed E-state index contributed by atoms with van der Waals surface area (Å²) in [5.41, 5.74) is 0.975. The minimum atomic E-state index is -0.447. The van der Waals surface area contributed by atoms with Gasteiger partial charge in [-0.3, -0.25) is 0 Å². The fourth-order valence-electron chi connectivity index (χ4n) is 4.25. The lowest BCUT2D eigenvalue weighted by molar-refractivity contribution is -0.139. The number of hydrogen-bond donors (Lipinski definition) is 0. The van der Waals surface area contributed by atoms with Crippen molar-refractivity contribution in [1.82, 2.24) is 0 Å². The predicted molar refractivity (Wildman–Crippen MR) is 155 cm³/mol. The third-order valence-electron chi connectivity index (χ3n) is 6.57. The van der Waals surface area contributed by atoms with Gasteiger partial charge in [-0.1, -0.05) is 38.8 Å². The summed E-state index contributed by atoms with van der Waals surface area (Å²) in [7, 11) is 0. The van der Waals surface area contributed by atoms with Crippen LogP contribution in [0.1, 0.15) is 74.6 Å². The Morgan fingerprint density at radius 2 is 1.32 bits per heavy atom. The van der Waals surface area contributed by atoms with Crippen LogP contribution in [0.3, 0.4) is 0 Å². The Hall–Kier alpha value is -4.07. The molecule has 0 amide bonds. The summed E-state index contributed by atoms with van der Waals surface area (Å²) in [6.45, 7) is 8.68. The Kier molecular flexibility index (Phi) is 13.5. The van der Waals surface area contributed by atoms with Crippen molar-refractivity contribution in [3.05, 3.63) is 78.9 Å². The average molecular weight is 565 g/mol. The van der Waals surface area contributed by atoms with E-state index in [2.05, 4.69) is 13.2 Å². The molecule has 1 saturated heterocycles. The van der Waals surface area contributed by atoms with E-state index in [-0.39, 0.29) is 18.0 Å². The van der Waals surface area contributed by atoms with Gasteiger partial charge in [-0.05, 0) is 80.6 Å². The van der Waals surface area contributed by atoms with Crippen molar-refractivity contribution >= 4 is 17.9 Å². The maximum atomic E-state index is 12.5. The SMILES string of the molecule is C=CC(=O)OCCCCCCCCOc1ccc(OC(=O)c2ccc(OCCCCC3CC(=C)C(=O)O3)cc2)cc1. The van der Waals surface area contributed by atoms with E-state index in [1.807, 2.05) is 0 Å². The molecule has 0 saturated carbocycles. The Morgan fingerprint density at radius 1 is 0.780 bits per heavy atom. The number of ether oxygens (including phenoxy) is 5. The van der Waals surface area contributed by atoms with Gasteiger partial charge >= 0.3 is 17.9 Å². The van der Waals surface area contributed by atoms with Gasteiger partial charge in [0.25, 0.3) is 0 Å². The third-order valence-corrected chi connectivity index (χ3v) is 6.57. The van der Waals surface area contributed by atoms with Crippen LogP contribution in [0.4, 0.5) is 0 Å². The first-order valence-corrected chi connectivity index (χ1v) is 14.3. The summed E-state index contributed by atoms with van der Waals surface area (Å²) in [5.74, 6) is 0.743. The van der Waals surface area contributed by atoms with Gasteiger partial charge < -0.3 is 23.7 Å². The molecule has 8 nitrogen and oxygen atoms in total. The number of cyclic esters (lactones) is 1. The minimum Gasteiger partial charge on any atom is -0.494 e. The number of carbonyl (C=O) groups excluding carboxylic acids is 3. The van der Waals surface area contributed by atoms with Crippen molar-refractivity contribution in [3.8, 4) is 17.2 Å². The van der Waals surface area contributed by atoms with E-state index in [0.717, 1.165) is 63.5 Å². The molecule has 0 radical (unpaired) electrons. The van der Waals surface area contributed by atoms with Gasteiger partial charge in [0.05, 0.1) is 25.4 Å². The smallest absolute Gasteiger partial charge is 0.343 e. The van der Waals surface area contributed by atoms with Gasteiger partial charge in [0.15, 0.2) is 0 Å². The lowest BCUT2D eigenvalue weighted by Gasteiger charge is -2.10. The summed E-state index contributed by atoms with van der Waals surface area (Å²) in [6.07, 6.45) is 10.4. The van der Waals surface area contributed by atoms with Crippen molar-refractivity contribution in [3.63, 3.8) is 0 Å². The molecule has 1 unspecified atom stereocenters. The first-order valence-electron chi connectivity index (χ1n) is 14.3. The van der Waals surface area contributed by atoms with Gasteiger partial charge in [0, 0.05) is 18.1 Å². The standard InChI is InChI=1S/C33H40O8/c1-3-31(34)39-23-10-7-5-4-6-9-21-37-28-17-19-29(20-18-28)40-33(36)26-13-15-27(16-14-26)38-22-11-8-12-30-24-25(2)32(35)41-30/h3,13-20,30H,1-2,4-12,21-24H2. The maximum Gasteiger partial charge on any atom is 0.343 e. The Bertz CT molecular complexity index is 1120. The summed E-state index contributed by atoms with van der Waals surface area (Å²) >= 11 is 0. The second-order valence-electron chi connectivity index (χ2n) is 9.91. The van der Waals surface area contributed by atoms with E-state index in [1.165, 1.54) is 6.08 Å². The molecule has 41 heavy (non-hydrogen) atoms. The molecule has 1 atom stereocenters. The van der Waals surface area contributed by atoms with Crippen LogP contribution < -0.4 is 14.2 Å². The molecule has 3 rings (SSSR count). The van der Waals surface area contributed by atoms with Crippen molar-refractivity contribution in [2.45, 2.75) is 70.3 Å². The second kappa shape index (κ2) is 17.6. The number of hydrogen-bond acceptors (Lipinski definition) is 8. The molecule has 0 aliphatic carbocycles. The minimum absolute atomic E-state index is 0.0647. The number of carbonyl (C=O) groups is 3. The van der Waals surface area contributed by atoms with Gasteiger partial charge in [-0.25, -0.2) is 14.4 Å². The lowest BCUT2D eigenvalue weighted by Crippen LogP contribution is -2.09. The quantitative estimate of drug-likeness (QED) is 0.0798. The van der Waals surface area contributed by atoms with E-state index < -0.39 is 5.97 Å². The van der Waals surface area contributed by atoms with Crippen LogP contribution in [0, 0.1) is 0 Å². The van der Waals surface area contributed by atoms with Crippen molar-refractivity contribution in [2.24, 2.45) is 0 Å². The number of esters is 3. The first kappa shape index (κ1) is 31.5. The highest BCUT2D eigenvalue weighted by atomic mass is 16.6. The molecule has 1 aliphatic rings. The van der Waals surface area contributed by atoms with E-state index in [0.29, 0.717) is 48.9 Å². The topological polar surface area (TPSA) is 97.4 Å². The van der Waals surface area contributed by atoms with Gasteiger partial charge in [0.1, 0.15) is 23.4 Å². The Labute approximate surface area is 242 Å². The van der Waals surface area contributed by atoms with E-state index in [4.69, 9.17) is 23.7 Å². The maximum absolute atomic E-state index is 12.5. The highest BCUT2D eigenvalue weighted by Gasteiger charge is 2.26. The first-order chi connectivity index (χ1) is 19.9. The zero-order valence-electron chi connectivity index (χ0n) is 23.6. The second-order valence-corrected chi connectivity index (χ2v) is 9.91. The third kappa shape index (κ3) is 11.9. The normalized spacial score (nSPS) is 14.3. The van der Waals surface area contributed by atoms with Gasteiger partial charge in [0.2, 0.25) is 0 Å². The number of rotatable bonds is 19. The number of benzene rings is 2. The summed E-state index contributed by atoms with van der Waals surface area (Å²) in [4.78, 5) is 34.8. The lowest BCUT2D eigenvalue weighted by atomic mass is 10.1. The van der Waals surface area contributed by atoms with Crippen molar-refractivity contribution in [1.29, 1.82) is 0 Å². The monoisotopic (exact) mass is 564 g/mol. The van der Waals surface area contributed by atoms with Gasteiger partial charge in [-0.2, -0.15) is 0 Å². The summed E-state index contributed by atoms with van der Waals surface area (Å²) in [5, 5.41) is 0. The molecular formula is C33H40O8. The van der Waals surface area contributed by atoms with Crippen molar-refractivity contribution in [2.75, 3.05) is 19.8 Å². The van der Waals surface area contributed by atoms with E-state index in [1.54, 1.807) is 48.5 Å². The number of unbranched alkanes of at least 4 members (excludes halogenated alkanes) is 6. The molecule has 0 N–H and O–H groups in total. The molecule has 1 fully saturated rings. The van der Waals surface area contributed by atoms with Crippen molar-refractivity contribution < 1.29 is 38.1 Å². The fourth-order valence-corrected chi connectivity index (χ4v) is 4.25.